The Balaban J connectivity index is 0.000000183. The highest BCUT2D eigenvalue weighted by atomic mass is 35.5. The van der Waals surface area contributed by atoms with Gasteiger partial charge in [-0.05, 0) is 81.9 Å². The monoisotopic (exact) mass is 1170 g/mol. The van der Waals surface area contributed by atoms with E-state index in [2.05, 4.69) is 24.3 Å². The molecule has 15 heteroatoms. The Kier molecular flexibility index (Phi) is 22.6. The molecule has 14 nitrogen and oxygen atoms in total. The summed E-state index contributed by atoms with van der Waals surface area (Å²) in [5.41, 5.74) is 5.66. The molecule has 2 aliphatic rings. The van der Waals surface area contributed by atoms with Gasteiger partial charge in [-0.1, -0.05) is 196 Å². The van der Waals surface area contributed by atoms with Gasteiger partial charge in [0.05, 0.1) is 50.8 Å². The van der Waals surface area contributed by atoms with Crippen molar-refractivity contribution in [2.75, 3.05) is 41.7 Å². The largest absolute Gasteiger partial charge is 0.497 e. The summed E-state index contributed by atoms with van der Waals surface area (Å²) in [5, 5.41) is 30.9. The number of rotatable bonds is 18. The minimum Gasteiger partial charge on any atom is -0.497 e. The van der Waals surface area contributed by atoms with Gasteiger partial charge in [0.1, 0.15) is 34.2 Å². The molecule has 2 fully saturated rings. The van der Waals surface area contributed by atoms with Gasteiger partial charge in [-0.2, -0.15) is 0 Å². The predicted octanol–water partition coefficient (Wildman–Crippen LogP) is 11.4. The Morgan fingerprint density at radius 2 is 0.753 bits per heavy atom. The van der Waals surface area contributed by atoms with Gasteiger partial charge in [-0.15, -0.1) is 11.6 Å². The highest BCUT2D eigenvalue weighted by Crippen LogP contribution is 2.45. The molecule has 0 aromatic heterocycles. The van der Waals surface area contributed by atoms with Crippen molar-refractivity contribution < 1.29 is 67.5 Å². The second-order valence-corrected chi connectivity index (χ2v) is 21.0. The number of carbonyl (C=O) groups excluding carboxylic acids is 2. The second-order valence-electron chi connectivity index (χ2n) is 20.5. The summed E-state index contributed by atoms with van der Waals surface area (Å²) < 4.78 is 51.2. The third-order valence-electron chi connectivity index (χ3n) is 15.4. The summed E-state index contributed by atoms with van der Waals surface area (Å²) in [6.45, 7) is 3.46. The molecule has 3 N–H and O–H groups in total. The molecule has 2 heterocycles. The van der Waals surface area contributed by atoms with Crippen LogP contribution in [0.1, 0.15) is 67.9 Å². The van der Waals surface area contributed by atoms with Gasteiger partial charge >= 0.3 is 11.9 Å². The van der Waals surface area contributed by atoms with Crippen LogP contribution in [0.2, 0.25) is 0 Å². The van der Waals surface area contributed by atoms with E-state index in [-0.39, 0.29) is 19.1 Å². The van der Waals surface area contributed by atoms with Crippen molar-refractivity contribution in [3.05, 3.63) is 275 Å². The molecular formula is C70H73ClO14. The van der Waals surface area contributed by atoms with Crippen LogP contribution in [-0.2, 0) is 43.6 Å². The van der Waals surface area contributed by atoms with Crippen molar-refractivity contribution >= 4 is 23.5 Å². The average Bonchev–Trinajstić information content (AvgIpc) is 3.07. The number of carbonyl (C=O) groups is 2. The highest BCUT2D eigenvalue weighted by Gasteiger charge is 2.48. The van der Waals surface area contributed by atoms with Crippen molar-refractivity contribution in [3.8, 4) is 11.5 Å². The van der Waals surface area contributed by atoms with E-state index in [1.165, 1.54) is 14.2 Å². The lowest BCUT2D eigenvalue weighted by molar-refractivity contribution is -0.284. The van der Waals surface area contributed by atoms with Crippen LogP contribution in [0.15, 0.2) is 231 Å². The molecule has 0 aliphatic carbocycles. The number of aliphatic hydroxyl groups is 3. The second kappa shape index (κ2) is 30.4. The first-order valence-electron chi connectivity index (χ1n) is 28.0. The first-order valence-corrected chi connectivity index (χ1v) is 28.4. The van der Waals surface area contributed by atoms with E-state index in [0.717, 1.165) is 44.9 Å². The third-order valence-corrected chi connectivity index (χ3v) is 16.0. The maximum absolute atomic E-state index is 12.8. The fraction of sp³-hybridized carbons (Fsp3) is 0.286. The van der Waals surface area contributed by atoms with Gasteiger partial charge in [0.15, 0.2) is 24.8 Å². The van der Waals surface area contributed by atoms with Gasteiger partial charge in [0.25, 0.3) is 0 Å². The standard InChI is InChI=1S/C35H36O7.C20H17ClO.C15H20O6/c1-24-30(41-34(39-3)32(31(24)36)42-33(37)25-13-7-4-8-14-25)23-40-35(26-15-9-5-10-16-26,27-17-11-6-12-18-27)28-19-21-29(38-2)22-20-28;1-22-19-14-12-18(13-15-19)20(21,16-8-4-2-5-9-16)17-10-6-3-7-11-17;1-9-11(8-16)20-15(19-2)13(12(9)17)21-14(18)10-6-4-3-5-7-10/h4-22,24,30-32,34,36H,23H2,1-3H3;2-15H,1H3;3-7,9,11-13,15-17H,8H2,1-2H3. The van der Waals surface area contributed by atoms with E-state index in [0.29, 0.717) is 11.1 Å². The maximum atomic E-state index is 12.8. The van der Waals surface area contributed by atoms with Crippen LogP contribution >= 0.6 is 11.6 Å². The van der Waals surface area contributed by atoms with E-state index in [1.807, 2.05) is 159 Å². The van der Waals surface area contributed by atoms with Crippen molar-refractivity contribution in [3.63, 3.8) is 0 Å². The summed E-state index contributed by atoms with van der Waals surface area (Å²) >= 11 is 7.17. The molecular weight excluding hydrogens is 1100 g/mol. The van der Waals surface area contributed by atoms with Gasteiger partial charge in [0.2, 0.25) is 0 Å². The number of methoxy groups -OCH3 is 4. The van der Waals surface area contributed by atoms with Crippen LogP contribution in [0.25, 0.3) is 0 Å². The van der Waals surface area contributed by atoms with Gasteiger partial charge < -0.3 is 58.0 Å². The number of benzene rings is 8. The summed E-state index contributed by atoms with van der Waals surface area (Å²) in [7, 11) is 6.16. The first kappa shape index (κ1) is 63.3. The molecule has 0 spiro atoms. The van der Waals surface area contributed by atoms with E-state index >= 15 is 0 Å². The number of alkyl halides is 1. The van der Waals surface area contributed by atoms with Crippen LogP contribution in [-0.4, -0.2) is 118 Å². The summed E-state index contributed by atoms with van der Waals surface area (Å²) in [4.78, 5) is 24.2. The highest BCUT2D eigenvalue weighted by molar-refractivity contribution is 6.28. The maximum Gasteiger partial charge on any atom is 0.338 e. The summed E-state index contributed by atoms with van der Waals surface area (Å²) in [6, 6.07) is 73.2. The van der Waals surface area contributed by atoms with Gasteiger partial charge in [-0.25, -0.2) is 9.59 Å². The van der Waals surface area contributed by atoms with E-state index in [1.54, 1.807) is 75.7 Å². The normalized spacial score (nSPS) is 22.0. The fourth-order valence-corrected chi connectivity index (χ4v) is 10.8. The quantitative estimate of drug-likeness (QED) is 0.0420. The lowest BCUT2D eigenvalue weighted by Crippen LogP contribution is -2.57. The number of aliphatic hydroxyl groups excluding tert-OH is 3. The fourth-order valence-electron chi connectivity index (χ4n) is 10.5. The molecule has 0 bridgehead atoms. The van der Waals surface area contributed by atoms with Crippen LogP contribution in [0.3, 0.4) is 0 Å². The van der Waals surface area contributed by atoms with Gasteiger partial charge in [-0.3, -0.25) is 0 Å². The van der Waals surface area contributed by atoms with Crippen LogP contribution in [0.4, 0.5) is 0 Å². The molecule has 444 valence electrons. The zero-order valence-electron chi connectivity index (χ0n) is 48.3. The molecule has 8 aromatic rings. The first-order chi connectivity index (χ1) is 41.3. The Morgan fingerprint density at radius 1 is 0.447 bits per heavy atom. The summed E-state index contributed by atoms with van der Waals surface area (Å²) in [6.07, 6.45) is -7.01. The molecule has 2 saturated heterocycles. The zero-order valence-corrected chi connectivity index (χ0v) is 49.1. The lowest BCUT2D eigenvalue weighted by atomic mass is 9.80. The number of hydrogen-bond donors (Lipinski definition) is 3. The Labute approximate surface area is 502 Å². The molecule has 0 amide bonds. The molecule has 10 rings (SSSR count). The minimum atomic E-state index is -1.05. The molecule has 8 aromatic carbocycles. The molecule has 10 atom stereocenters. The molecule has 10 unspecified atom stereocenters. The number of esters is 2. The van der Waals surface area contributed by atoms with E-state index in [4.69, 9.17) is 54.2 Å². The number of hydrogen-bond acceptors (Lipinski definition) is 14. The Morgan fingerprint density at radius 3 is 1.11 bits per heavy atom. The molecule has 0 radical (unpaired) electrons. The number of ether oxygens (including phenoxy) is 9. The molecule has 85 heavy (non-hydrogen) atoms. The van der Waals surface area contributed by atoms with E-state index < -0.39 is 77.5 Å². The van der Waals surface area contributed by atoms with Crippen molar-refractivity contribution in [1.29, 1.82) is 0 Å². The minimum absolute atomic E-state index is 0.118. The van der Waals surface area contributed by atoms with Gasteiger partial charge in [0, 0.05) is 26.1 Å². The van der Waals surface area contributed by atoms with Crippen molar-refractivity contribution in [1.82, 2.24) is 0 Å². The van der Waals surface area contributed by atoms with Crippen molar-refractivity contribution in [2.45, 2.75) is 73.5 Å². The van der Waals surface area contributed by atoms with Crippen LogP contribution < -0.4 is 9.47 Å². The molecule has 0 saturated carbocycles. The van der Waals surface area contributed by atoms with Crippen molar-refractivity contribution in [2.24, 2.45) is 11.8 Å². The topological polar surface area (TPSA) is 178 Å². The lowest BCUT2D eigenvalue weighted by Gasteiger charge is -2.44. The summed E-state index contributed by atoms with van der Waals surface area (Å²) in [5.74, 6) is -0.372. The van der Waals surface area contributed by atoms with E-state index in [9.17, 15) is 24.9 Å². The van der Waals surface area contributed by atoms with Crippen LogP contribution in [0, 0.1) is 11.8 Å². The SMILES string of the molecule is COC1OC(CO)C(C)C(O)C1OC(=O)c1ccccc1.COc1ccc(C(Cl)(c2ccccc2)c2ccccc2)cc1.COc1ccc(C(OCC2OC(OC)C(OC(=O)c3ccccc3)C(O)C2C)(c2ccccc2)c2ccccc2)cc1. The Bertz CT molecular complexity index is 3170. The molecule has 2 aliphatic heterocycles. The zero-order chi connectivity index (χ0) is 60.3. The Hall–Kier alpha value is -7.73. The number of halogens is 1. The average molecular weight is 1170 g/mol. The predicted molar refractivity (Wildman–Crippen MR) is 323 cm³/mol. The third kappa shape index (κ3) is 14.9. The smallest absolute Gasteiger partial charge is 0.338 e. The van der Waals surface area contributed by atoms with Crippen LogP contribution in [0.5, 0.6) is 11.5 Å².